The van der Waals surface area contributed by atoms with Crippen molar-refractivity contribution in [2.75, 3.05) is 6.54 Å². The molecule has 0 aliphatic carbocycles. The molecule has 0 fully saturated rings. The molecule has 1 aromatic carbocycles. The minimum absolute atomic E-state index is 0.231. The molecule has 0 saturated heterocycles. The maximum Gasteiger partial charge on any atom is 0.158 e. The van der Waals surface area contributed by atoms with Crippen LogP contribution in [-0.4, -0.2) is 47.3 Å². The fourth-order valence-electron chi connectivity index (χ4n) is 4.84. The maximum atomic E-state index is 14.1. The van der Waals surface area contributed by atoms with Crippen LogP contribution in [0.5, 0.6) is 0 Å². The van der Waals surface area contributed by atoms with E-state index in [9.17, 15) is 13.9 Å². The molecule has 168 valence electrons. The second-order valence-electron chi connectivity index (χ2n) is 8.53. The van der Waals surface area contributed by atoms with Crippen molar-refractivity contribution in [1.29, 1.82) is 0 Å². The number of thiazole rings is 1. The molecule has 2 aliphatic rings. The van der Waals surface area contributed by atoms with Crippen LogP contribution >= 0.6 is 11.3 Å². The van der Waals surface area contributed by atoms with Gasteiger partial charge >= 0.3 is 0 Å². The summed E-state index contributed by atoms with van der Waals surface area (Å²) < 4.78 is 29.3. The number of fused-ring (bicyclic) bond motifs is 4. The summed E-state index contributed by atoms with van der Waals surface area (Å²) >= 11 is 1.52. The van der Waals surface area contributed by atoms with Crippen molar-refractivity contribution < 1.29 is 13.9 Å². The highest BCUT2D eigenvalue weighted by molar-refractivity contribution is 7.15. The lowest BCUT2D eigenvalue weighted by Gasteiger charge is -2.44. The van der Waals surface area contributed by atoms with Crippen molar-refractivity contribution in [3.05, 3.63) is 70.8 Å². The van der Waals surface area contributed by atoms with Gasteiger partial charge in [0.2, 0.25) is 0 Å². The van der Waals surface area contributed by atoms with Gasteiger partial charge in [0.1, 0.15) is 28.6 Å². The molecule has 10 heteroatoms. The van der Waals surface area contributed by atoms with E-state index in [4.69, 9.17) is 4.98 Å². The molecule has 33 heavy (non-hydrogen) atoms. The van der Waals surface area contributed by atoms with Gasteiger partial charge in [0.05, 0.1) is 18.4 Å². The van der Waals surface area contributed by atoms with Crippen molar-refractivity contribution in [2.45, 2.75) is 38.1 Å². The standard InChI is InChI=1S/C23H20F2N6OS/c1-13(23(32)11-31-21(27-12-28-31)17-7-15(24)2-3-18(17)23)30-5-4-19-20(10-30)33-22(29-19)14-6-16(25)9-26-8-14/h2-3,6-9,12-13,32H,4-5,10-11H2,1H3/t13-,23-/m1/s1. The molecular formula is C23H20F2N6OS. The minimum Gasteiger partial charge on any atom is -0.382 e. The molecular weight excluding hydrogens is 446 g/mol. The van der Waals surface area contributed by atoms with Gasteiger partial charge in [-0.25, -0.2) is 23.4 Å². The lowest BCUT2D eigenvalue weighted by molar-refractivity contribution is -0.0668. The van der Waals surface area contributed by atoms with Gasteiger partial charge < -0.3 is 5.11 Å². The van der Waals surface area contributed by atoms with Crippen molar-refractivity contribution in [3.8, 4) is 22.0 Å². The van der Waals surface area contributed by atoms with E-state index in [1.54, 1.807) is 16.9 Å². The molecule has 0 unspecified atom stereocenters. The van der Waals surface area contributed by atoms with E-state index in [1.807, 2.05) is 6.92 Å². The van der Waals surface area contributed by atoms with Crippen molar-refractivity contribution in [2.24, 2.45) is 0 Å². The SMILES string of the molecule is C[C@@H](N1CCc2nc(-c3cncc(F)c3)sc2C1)[C@]1(O)Cn2ncnc2-c2cc(F)ccc21. The summed E-state index contributed by atoms with van der Waals surface area (Å²) in [5.74, 6) is -0.219. The monoisotopic (exact) mass is 466 g/mol. The molecule has 0 radical (unpaired) electrons. The molecule has 1 N–H and O–H groups in total. The Bertz CT molecular complexity index is 1370. The van der Waals surface area contributed by atoms with Crippen LogP contribution in [-0.2, 0) is 25.1 Å². The Hall–Kier alpha value is -3.08. The average Bonchev–Trinajstić information content (AvgIpc) is 3.45. The van der Waals surface area contributed by atoms with E-state index in [0.717, 1.165) is 22.0 Å². The van der Waals surface area contributed by atoms with E-state index in [1.165, 1.54) is 42.1 Å². The smallest absolute Gasteiger partial charge is 0.158 e. The molecule has 0 bridgehead atoms. The third-order valence-corrected chi connectivity index (χ3v) is 7.78. The minimum atomic E-state index is -1.28. The third-order valence-electron chi connectivity index (χ3n) is 6.65. The number of hydrogen-bond acceptors (Lipinski definition) is 7. The second kappa shape index (κ2) is 7.47. The first kappa shape index (κ1) is 20.5. The zero-order valence-corrected chi connectivity index (χ0v) is 18.6. The van der Waals surface area contributed by atoms with Crippen LogP contribution in [0.2, 0.25) is 0 Å². The van der Waals surface area contributed by atoms with Gasteiger partial charge in [0.25, 0.3) is 0 Å². The number of hydrogen-bond donors (Lipinski definition) is 1. The molecule has 2 aliphatic heterocycles. The topological polar surface area (TPSA) is 80.0 Å². The lowest BCUT2D eigenvalue weighted by Crippen LogP contribution is -2.54. The summed E-state index contributed by atoms with van der Waals surface area (Å²) in [6.45, 7) is 3.54. The quantitative estimate of drug-likeness (QED) is 0.499. The Morgan fingerprint density at radius 2 is 2.06 bits per heavy atom. The van der Waals surface area contributed by atoms with E-state index in [0.29, 0.717) is 35.6 Å². The van der Waals surface area contributed by atoms with Crippen LogP contribution in [0.25, 0.3) is 22.0 Å². The Kier molecular flexibility index (Phi) is 4.65. The Morgan fingerprint density at radius 3 is 2.91 bits per heavy atom. The number of pyridine rings is 1. The Balaban J connectivity index is 1.33. The summed E-state index contributed by atoms with van der Waals surface area (Å²) in [5, 5.41) is 16.9. The third kappa shape index (κ3) is 3.28. The molecule has 0 spiro atoms. The number of nitrogens with zero attached hydrogens (tertiary/aromatic N) is 6. The largest absolute Gasteiger partial charge is 0.382 e. The summed E-state index contributed by atoms with van der Waals surface area (Å²) in [7, 11) is 0. The Morgan fingerprint density at radius 1 is 1.18 bits per heavy atom. The van der Waals surface area contributed by atoms with E-state index in [2.05, 4.69) is 20.0 Å². The van der Waals surface area contributed by atoms with E-state index in [-0.39, 0.29) is 18.4 Å². The molecule has 4 aromatic rings. The molecule has 6 rings (SSSR count). The second-order valence-corrected chi connectivity index (χ2v) is 9.62. The molecule has 7 nitrogen and oxygen atoms in total. The molecule has 3 aromatic heterocycles. The number of aromatic nitrogens is 5. The van der Waals surface area contributed by atoms with Gasteiger partial charge in [-0.1, -0.05) is 6.07 Å². The van der Waals surface area contributed by atoms with Gasteiger partial charge in [-0.3, -0.25) is 9.88 Å². The fraction of sp³-hybridized carbons (Fsp3) is 0.304. The van der Waals surface area contributed by atoms with Crippen LogP contribution in [0, 0.1) is 11.6 Å². The highest BCUT2D eigenvalue weighted by Gasteiger charge is 2.45. The molecule has 0 amide bonds. The van der Waals surface area contributed by atoms with Gasteiger partial charge in [0.15, 0.2) is 5.82 Å². The summed E-state index contributed by atoms with van der Waals surface area (Å²) in [6, 6.07) is 5.58. The predicted octanol–water partition coefficient (Wildman–Crippen LogP) is 3.39. The molecule has 2 atom stereocenters. The first-order chi connectivity index (χ1) is 15.9. The molecule has 5 heterocycles. The Labute approximate surface area is 192 Å². The van der Waals surface area contributed by atoms with Crippen molar-refractivity contribution >= 4 is 11.3 Å². The molecule has 0 saturated carbocycles. The normalized spacial score (nSPS) is 20.7. The lowest BCUT2D eigenvalue weighted by atomic mass is 9.80. The number of halogens is 2. The fourth-order valence-corrected chi connectivity index (χ4v) is 5.95. The average molecular weight is 467 g/mol. The predicted molar refractivity (Wildman–Crippen MR) is 118 cm³/mol. The highest BCUT2D eigenvalue weighted by Crippen LogP contribution is 2.42. The summed E-state index contributed by atoms with van der Waals surface area (Å²) in [6.07, 6.45) is 4.94. The first-order valence-corrected chi connectivity index (χ1v) is 11.5. The van der Waals surface area contributed by atoms with Gasteiger partial charge in [0, 0.05) is 47.8 Å². The van der Waals surface area contributed by atoms with Crippen LogP contribution in [0.15, 0.2) is 43.0 Å². The van der Waals surface area contributed by atoms with E-state index >= 15 is 0 Å². The van der Waals surface area contributed by atoms with Crippen LogP contribution in [0.3, 0.4) is 0 Å². The highest BCUT2D eigenvalue weighted by atomic mass is 32.1. The van der Waals surface area contributed by atoms with E-state index < -0.39 is 11.4 Å². The van der Waals surface area contributed by atoms with Crippen LogP contribution < -0.4 is 0 Å². The number of rotatable bonds is 3. The first-order valence-electron chi connectivity index (χ1n) is 10.7. The summed E-state index contributed by atoms with van der Waals surface area (Å²) in [4.78, 5) is 16.2. The van der Waals surface area contributed by atoms with Crippen molar-refractivity contribution in [1.82, 2.24) is 29.6 Å². The maximum absolute atomic E-state index is 14.1. The van der Waals surface area contributed by atoms with Gasteiger partial charge in [-0.2, -0.15) is 5.10 Å². The van der Waals surface area contributed by atoms with Crippen molar-refractivity contribution in [3.63, 3.8) is 0 Å². The van der Waals surface area contributed by atoms with Crippen LogP contribution in [0.1, 0.15) is 23.1 Å². The zero-order chi connectivity index (χ0) is 22.7. The number of aliphatic hydroxyl groups is 1. The zero-order valence-electron chi connectivity index (χ0n) is 17.7. The number of benzene rings is 1. The van der Waals surface area contributed by atoms with Gasteiger partial charge in [-0.15, -0.1) is 11.3 Å². The van der Waals surface area contributed by atoms with Gasteiger partial charge in [-0.05, 0) is 30.7 Å². The summed E-state index contributed by atoms with van der Waals surface area (Å²) in [5.41, 5.74) is 1.60. The van der Waals surface area contributed by atoms with Crippen LogP contribution in [0.4, 0.5) is 8.78 Å².